The van der Waals surface area contributed by atoms with Gasteiger partial charge in [0.05, 0.1) is 13.2 Å². The van der Waals surface area contributed by atoms with E-state index in [4.69, 9.17) is 4.74 Å². The summed E-state index contributed by atoms with van der Waals surface area (Å²) in [6, 6.07) is 8.31. The average Bonchev–Trinajstić information content (AvgIpc) is 2.40. The summed E-state index contributed by atoms with van der Waals surface area (Å²) < 4.78 is 5.33. The largest absolute Gasteiger partial charge is 0.378 e. The third-order valence-corrected chi connectivity index (χ3v) is 3.11. The smallest absolute Gasteiger partial charge is 0.136 e. The fourth-order valence-corrected chi connectivity index (χ4v) is 2.00. The first-order valence-electron chi connectivity index (χ1n) is 6.23. The summed E-state index contributed by atoms with van der Waals surface area (Å²) in [5.41, 5.74) is 2.33. The molecule has 1 fully saturated rings. The minimum atomic E-state index is 0.295. The van der Waals surface area contributed by atoms with Crippen molar-refractivity contribution >= 4 is 11.5 Å². The Morgan fingerprint density at radius 1 is 1.24 bits per heavy atom. The van der Waals surface area contributed by atoms with Gasteiger partial charge in [-0.15, -0.1) is 0 Å². The lowest BCUT2D eigenvalue weighted by Gasteiger charge is -2.28. The Hall–Kier alpha value is -1.35. The van der Waals surface area contributed by atoms with Crippen LogP contribution in [0.15, 0.2) is 24.3 Å². The van der Waals surface area contributed by atoms with Crippen molar-refractivity contribution in [2.24, 2.45) is 0 Å². The zero-order valence-corrected chi connectivity index (χ0v) is 10.3. The number of anilines is 1. The van der Waals surface area contributed by atoms with Crippen LogP contribution in [0.1, 0.15) is 18.9 Å². The summed E-state index contributed by atoms with van der Waals surface area (Å²) in [6.07, 6.45) is 1.17. The molecule has 3 heteroatoms. The third kappa shape index (κ3) is 3.30. The fourth-order valence-electron chi connectivity index (χ4n) is 2.00. The van der Waals surface area contributed by atoms with Crippen molar-refractivity contribution in [2.45, 2.75) is 19.8 Å². The van der Waals surface area contributed by atoms with Crippen molar-refractivity contribution in [2.75, 3.05) is 31.2 Å². The van der Waals surface area contributed by atoms with Gasteiger partial charge in [-0.25, -0.2) is 0 Å². The predicted octanol–water partition coefficient (Wildman–Crippen LogP) is 2.04. The predicted molar refractivity (Wildman–Crippen MR) is 68.5 cm³/mol. The molecule has 0 bridgehead atoms. The quantitative estimate of drug-likeness (QED) is 0.797. The number of rotatable bonds is 4. The van der Waals surface area contributed by atoms with Crippen LogP contribution in [0.25, 0.3) is 0 Å². The molecular formula is C14H19NO2. The van der Waals surface area contributed by atoms with Gasteiger partial charge < -0.3 is 9.64 Å². The lowest BCUT2D eigenvalue weighted by atomic mass is 10.1. The van der Waals surface area contributed by atoms with Crippen molar-refractivity contribution in [1.82, 2.24) is 0 Å². The zero-order chi connectivity index (χ0) is 12.1. The Bertz CT molecular complexity index is 366. The molecule has 0 unspecified atom stereocenters. The average molecular weight is 233 g/mol. The summed E-state index contributed by atoms with van der Waals surface area (Å²) in [5, 5.41) is 0. The minimum absolute atomic E-state index is 0.295. The highest BCUT2D eigenvalue weighted by Crippen LogP contribution is 2.17. The Morgan fingerprint density at radius 3 is 2.47 bits per heavy atom. The maximum absolute atomic E-state index is 11.3. The highest BCUT2D eigenvalue weighted by atomic mass is 16.5. The first-order valence-corrected chi connectivity index (χ1v) is 6.23. The van der Waals surface area contributed by atoms with Crippen LogP contribution < -0.4 is 4.90 Å². The molecule has 1 saturated heterocycles. The molecular weight excluding hydrogens is 214 g/mol. The van der Waals surface area contributed by atoms with E-state index in [1.807, 2.05) is 6.92 Å². The van der Waals surface area contributed by atoms with E-state index in [0.29, 0.717) is 18.6 Å². The summed E-state index contributed by atoms with van der Waals surface area (Å²) in [6.45, 7) is 5.41. The highest BCUT2D eigenvalue weighted by molar-refractivity contribution is 5.80. The maximum Gasteiger partial charge on any atom is 0.136 e. The van der Waals surface area contributed by atoms with Gasteiger partial charge in [0.2, 0.25) is 0 Å². The van der Waals surface area contributed by atoms with E-state index >= 15 is 0 Å². The normalized spacial score (nSPS) is 15.9. The molecule has 2 rings (SSSR count). The number of ketones is 1. The van der Waals surface area contributed by atoms with Crippen molar-refractivity contribution < 1.29 is 9.53 Å². The van der Waals surface area contributed by atoms with Crippen LogP contribution in [-0.4, -0.2) is 32.1 Å². The first kappa shape index (κ1) is 12.1. The van der Waals surface area contributed by atoms with Crippen molar-refractivity contribution in [3.63, 3.8) is 0 Å². The van der Waals surface area contributed by atoms with Gasteiger partial charge in [-0.05, 0) is 17.7 Å². The molecule has 92 valence electrons. The standard InChI is InChI=1S/C14H19NO2/c1-2-14(16)11-12-3-5-13(6-4-12)15-7-9-17-10-8-15/h3-6H,2,7-11H2,1H3. The van der Waals surface area contributed by atoms with E-state index in [-0.39, 0.29) is 0 Å². The molecule has 0 aromatic heterocycles. The number of benzene rings is 1. The molecule has 0 spiro atoms. The summed E-state index contributed by atoms with van der Waals surface area (Å²) in [5.74, 6) is 0.295. The van der Waals surface area contributed by atoms with Crippen molar-refractivity contribution in [3.05, 3.63) is 29.8 Å². The number of ether oxygens (including phenoxy) is 1. The molecule has 0 amide bonds. The summed E-state index contributed by atoms with van der Waals surface area (Å²) in [7, 11) is 0. The van der Waals surface area contributed by atoms with Gasteiger partial charge in [-0.1, -0.05) is 19.1 Å². The van der Waals surface area contributed by atoms with E-state index in [1.54, 1.807) is 0 Å². The Morgan fingerprint density at radius 2 is 1.88 bits per heavy atom. The van der Waals surface area contributed by atoms with Crippen LogP contribution >= 0.6 is 0 Å². The van der Waals surface area contributed by atoms with Crippen molar-refractivity contribution in [3.8, 4) is 0 Å². The number of hydrogen-bond donors (Lipinski definition) is 0. The van der Waals surface area contributed by atoms with E-state index in [9.17, 15) is 4.79 Å². The van der Waals surface area contributed by atoms with Gasteiger partial charge >= 0.3 is 0 Å². The molecule has 0 saturated carbocycles. The Kier molecular flexibility index (Phi) is 4.15. The Labute approximate surface area is 102 Å². The van der Waals surface area contributed by atoms with Crippen LogP contribution in [0.3, 0.4) is 0 Å². The molecule has 1 aliphatic rings. The van der Waals surface area contributed by atoms with Gasteiger partial charge in [-0.3, -0.25) is 4.79 Å². The van der Waals surface area contributed by atoms with E-state index < -0.39 is 0 Å². The minimum Gasteiger partial charge on any atom is -0.378 e. The van der Waals surface area contributed by atoms with Crippen molar-refractivity contribution in [1.29, 1.82) is 0 Å². The van der Waals surface area contributed by atoms with E-state index in [1.165, 1.54) is 5.69 Å². The lowest BCUT2D eigenvalue weighted by molar-refractivity contribution is -0.118. The Balaban J connectivity index is 1.99. The number of carbonyl (C=O) groups excluding carboxylic acids is 1. The summed E-state index contributed by atoms with van der Waals surface area (Å²) >= 11 is 0. The van der Waals surface area contributed by atoms with Crippen LogP contribution in [0, 0.1) is 0 Å². The molecule has 0 aliphatic carbocycles. The molecule has 1 aromatic rings. The van der Waals surface area contributed by atoms with Gasteiger partial charge in [0.15, 0.2) is 0 Å². The van der Waals surface area contributed by atoms with Crippen LogP contribution in [0.4, 0.5) is 5.69 Å². The second-order valence-electron chi connectivity index (χ2n) is 4.33. The molecule has 17 heavy (non-hydrogen) atoms. The van der Waals surface area contributed by atoms with E-state index in [0.717, 1.165) is 31.9 Å². The first-order chi connectivity index (χ1) is 8.29. The number of morpholine rings is 1. The number of nitrogens with zero attached hydrogens (tertiary/aromatic N) is 1. The van der Waals surface area contributed by atoms with Gasteiger partial charge in [0, 0.05) is 31.6 Å². The topological polar surface area (TPSA) is 29.5 Å². The number of Topliss-reactive ketones (excluding diaryl/α,β-unsaturated/α-hetero) is 1. The third-order valence-electron chi connectivity index (χ3n) is 3.11. The van der Waals surface area contributed by atoms with E-state index in [2.05, 4.69) is 29.2 Å². The molecule has 1 aliphatic heterocycles. The van der Waals surface area contributed by atoms with Gasteiger partial charge in [0.1, 0.15) is 5.78 Å². The zero-order valence-electron chi connectivity index (χ0n) is 10.3. The van der Waals surface area contributed by atoms with Gasteiger partial charge in [0.25, 0.3) is 0 Å². The SMILES string of the molecule is CCC(=O)Cc1ccc(N2CCOCC2)cc1. The highest BCUT2D eigenvalue weighted by Gasteiger charge is 2.10. The number of hydrogen-bond acceptors (Lipinski definition) is 3. The second-order valence-corrected chi connectivity index (χ2v) is 4.33. The monoisotopic (exact) mass is 233 g/mol. The molecule has 3 nitrogen and oxygen atoms in total. The van der Waals surface area contributed by atoms with Crippen LogP contribution in [0.2, 0.25) is 0 Å². The number of carbonyl (C=O) groups is 1. The molecule has 1 aromatic carbocycles. The molecule has 0 atom stereocenters. The molecule has 0 radical (unpaired) electrons. The maximum atomic E-state index is 11.3. The van der Waals surface area contributed by atoms with Gasteiger partial charge in [-0.2, -0.15) is 0 Å². The summed E-state index contributed by atoms with van der Waals surface area (Å²) in [4.78, 5) is 13.7. The van der Waals surface area contributed by atoms with Crippen LogP contribution in [0.5, 0.6) is 0 Å². The lowest BCUT2D eigenvalue weighted by Crippen LogP contribution is -2.36. The van der Waals surface area contributed by atoms with Crippen LogP contribution in [-0.2, 0) is 16.0 Å². The molecule has 1 heterocycles. The fraction of sp³-hybridized carbons (Fsp3) is 0.500. The molecule has 0 N–H and O–H groups in total. The second kappa shape index (κ2) is 5.82.